The maximum absolute atomic E-state index is 12.2. The van der Waals surface area contributed by atoms with Gasteiger partial charge in [-0.2, -0.15) is 0 Å². The summed E-state index contributed by atoms with van der Waals surface area (Å²) in [4.78, 5) is 23.9. The van der Waals surface area contributed by atoms with Crippen molar-refractivity contribution < 1.29 is 23.5 Å². The third-order valence-corrected chi connectivity index (χ3v) is 6.11. The number of carbonyl (C=O) groups excluding carboxylic acids is 1. The molecule has 0 spiro atoms. The molecule has 1 aromatic rings. The van der Waals surface area contributed by atoms with E-state index in [1.54, 1.807) is 13.0 Å². The van der Waals surface area contributed by atoms with Gasteiger partial charge in [0, 0.05) is 36.5 Å². The van der Waals surface area contributed by atoms with Crippen molar-refractivity contribution >= 4 is 15.7 Å². The summed E-state index contributed by atoms with van der Waals surface area (Å²) in [5.74, 6) is 9.35. The number of pyridine rings is 1. The van der Waals surface area contributed by atoms with Crippen molar-refractivity contribution in [3.05, 3.63) is 34.2 Å². The number of hydrogen-bond acceptors (Lipinski definition) is 6. The molecule has 0 bridgehead atoms. The number of aromatic nitrogens is 1. The van der Waals surface area contributed by atoms with Gasteiger partial charge in [0.05, 0.1) is 6.61 Å². The minimum Gasteiger partial charge on any atom is -0.395 e. The summed E-state index contributed by atoms with van der Waals surface area (Å²) in [5, 5.41) is 17.7. The van der Waals surface area contributed by atoms with E-state index in [4.69, 9.17) is 10.3 Å². The van der Waals surface area contributed by atoms with Gasteiger partial charge in [0.15, 0.2) is 14.6 Å². The number of sulfone groups is 1. The molecule has 27 heavy (non-hydrogen) atoms. The Hall–Kier alpha value is -2.59. The van der Waals surface area contributed by atoms with Crippen LogP contribution in [0.15, 0.2) is 23.1 Å². The SMILES string of the molecule is CC(C#CC#Cc1ccn(CCC(C)(C(=O)NO)S(C)(=O)=O)c(=O)c1)CO. The first-order valence-electron chi connectivity index (χ1n) is 8.02. The summed E-state index contributed by atoms with van der Waals surface area (Å²) in [5.41, 5.74) is 1.37. The molecule has 0 aliphatic rings. The number of amides is 1. The molecule has 1 heterocycles. The molecule has 1 rings (SSSR count). The van der Waals surface area contributed by atoms with Crippen molar-refractivity contribution in [1.29, 1.82) is 0 Å². The van der Waals surface area contributed by atoms with E-state index >= 15 is 0 Å². The lowest BCUT2D eigenvalue weighted by molar-refractivity contribution is -0.131. The fourth-order valence-electron chi connectivity index (χ4n) is 2.00. The van der Waals surface area contributed by atoms with Gasteiger partial charge < -0.3 is 9.67 Å². The average Bonchev–Trinajstić information content (AvgIpc) is 2.62. The first kappa shape index (κ1) is 22.5. The number of aliphatic hydroxyl groups excluding tert-OH is 1. The van der Waals surface area contributed by atoms with E-state index in [1.807, 2.05) is 0 Å². The molecule has 0 aromatic carbocycles. The van der Waals surface area contributed by atoms with Crippen LogP contribution in [-0.4, -0.2) is 46.8 Å². The summed E-state index contributed by atoms with van der Waals surface area (Å²) in [6.07, 6.45) is 2.13. The Morgan fingerprint density at radius 3 is 2.59 bits per heavy atom. The molecule has 0 fully saturated rings. The van der Waals surface area contributed by atoms with Gasteiger partial charge in [-0.25, -0.2) is 13.9 Å². The number of aliphatic hydroxyl groups is 1. The van der Waals surface area contributed by atoms with Crippen LogP contribution in [0.1, 0.15) is 25.8 Å². The van der Waals surface area contributed by atoms with Crippen molar-refractivity contribution in [2.45, 2.75) is 31.6 Å². The lowest BCUT2D eigenvalue weighted by Crippen LogP contribution is -2.49. The Balaban J connectivity index is 2.98. The highest BCUT2D eigenvalue weighted by atomic mass is 32.2. The van der Waals surface area contributed by atoms with Crippen LogP contribution in [0.4, 0.5) is 0 Å². The number of nitrogens with one attached hydrogen (secondary N) is 1. The largest absolute Gasteiger partial charge is 0.395 e. The molecule has 0 aliphatic carbocycles. The summed E-state index contributed by atoms with van der Waals surface area (Å²) >= 11 is 0. The van der Waals surface area contributed by atoms with Crippen molar-refractivity contribution in [1.82, 2.24) is 10.0 Å². The molecule has 1 amide bonds. The van der Waals surface area contributed by atoms with Gasteiger partial charge in [-0.1, -0.05) is 11.8 Å². The van der Waals surface area contributed by atoms with Crippen molar-refractivity contribution in [3.8, 4) is 23.7 Å². The van der Waals surface area contributed by atoms with Crippen LogP contribution in [0.3, 0.4) is 0 Å². The highest BCUT2D eigenvalue weighted by Gasteiger charge is 2.43. The van der Waals surface area contributed by atoms with Gasteiger partial charge in [0.25, 0.3) is 11.5 Å². The van der Waals surface area contributed by atoms with Gasteiger partial charge in [-0.15, -0.1) is 0 Å². The zero-order chi connectivity index (χ0) is 20.7. The number of hydroxylamine groups is 1. The van der Waals surface area contributed by atoms with Gasteiger partial charge >= 0.3 is 0 Å². The van der Waals surface area contributed by atoms with Crippen molar-refractivity contribution in [2.24, 2.45) is 5.92 Å². The smallest absolute Gasteiger partial charge is 0.264 e. The molecule has 1 aromatic heterocycles. The van der Waals surface area contributed by atoms with Crippen molar-refractivity contribution in [2.75, 3.05) is 12.9 Å². The number of aryl methyl sites for hydroxylation is 1. The predicted octanol–water partition coefficient (Wildman–Crippen LogP) is -0.470. The van der Waals surface area contributed by atoms with E-state index in [9.17, 15) is 18.0 Å². The maximum Gasteiger partial charge on any atom is 0.264 e. The molecule has 9 heteroatoms. The number of hydrogen-bond donors (Lipinski definition) is 3. The van der Waals surface area contributed by atoms with Gasteiger partial charge in [0.1, 0.15) is 0 Å². The van der Waals surface area contributed by atoms with E-state index in [2.05, 4.69) is 23.7 Å². The van der Waals surface area contributed by atoms with Crippen LogP contribution in [0, 0.1) is 29.6 Å². The highest BCUT2D eigenvalue weighted by molar-refractivity contribution is 7.92. The minimum absolute atomic E-state index is 0.0443. The third-order valence-electron chi connectivity index (χ3n) is 4.09. The standard InChI is InChI=1S/C18H22N2O6S/c1-14(13-21)6-4-5-7-15-8-10-20(16(22)12-15)11-9-18(2,17(23)19-24)27(3,25)26/h8,10,12,14,21,24H,9,11,13H2,1-3H3,(H,19,23). The highest BCUT2D eigenvalue weighted by Crippen LogP contribution is 2.21. The number of rotatable bonds is 6. The lowest BCUT2D eigenvalue weighted by atomic mass is 10.1. The second-order valence-electron chi connectivity index (χ2n) is 6.24. The Bertz CT molecular complexity index is 975. The monoisotopic (exact) mass is 394 g/mol. The molecule has 0 saturated carbocycles. The summed E-state index contributed by atoms with van der Waals surface area (Å²) < 4.78 is 23.2. The van der Waals surface area contributed by atoms with Gasteiger partial charge in [-0.3, -0.25) is 14.8 Å². The maximum atomic E-state index is 12.2. The average molecular weight is 394 g/mol. The summed E-state index contributed by atoms with van der Waals surface area (Å²) in [7, 11) is -3.83. The molecule has 3 N–H and O–H groups in total. The lowest BCUT2D eigenvalue weighted by Gasteiger charge is -2.25. The summed E-state index contributed by atoms with van der Waals surface area (Å²) in [6, 6.07) is 2.84. The predicted molar refractivity (Wildman–Crippen MR) is 99.4 cm³/mol. The molecule has 0 aliphatic heterocycles. The van der Waals surface area contributed by atoms with Gasteiger partial charge in [0.2, 0.25) is 0 Å². The Labute approximate surface area is 158 Å². The minimum atomic E-state index is -3.83. The Kier molecular flexibility index (Phi) is 7.80. The zero-order valence-electron chi connectivity index (χ0n) is 15.3. The van der Waals surface area contributed by atoms with Crippen LogP contribution in [0.2, 0.25) is 0 Å². The Morgan fingerprint density at radius 2 is 2.07 bits per heavy atom. The summed E-state index contributed by atoms with van der Waals surface area (Å²) in [6.45, 7) is 2.82. The van der Waals surface area contributed by atoms with Crippen LogP contribution in [0.25, 0.3) is 0 Å². The van der Waals surface area contributed by atoms with E-state index in [0.29, 0.717) is 5.56 Å². The Morgan fingerprint density at radius 1 is 1.41 bits per heavy atom. The molecule has 8 nitrogen and oxygen atoms in total. The normalized spacial score (nSPS) is 14.0. The first-order valence-corrected chi connectivity index (χ1v) is 9.91. The third kappa shape index (κ3) is 5.97. The van der Waals surface area contributed by atoms with Crippen molar-refractivity contribution in [3.63, 3.8) is 0 Å². The quantitative estimate of drug-likeness (QED) is 0.340. The fourth-order valence-corrected chi connectivity index (χ4v) is 2.84. The molecule has 2 unspecified atom stereocenters. The molecule has 146 valence electrons. The number of carbonyl (C=O) groups is 1. The zero-order valence-corrected chi connectivity index (χ0v) is 16.1. The van der Waals surface area contributed by atoms with Crippen LogP contribution in [0.5, 0.6) is 0 Å². The molecule has 0 saturated heterocycles. The first-order chi connectivity index (χ1) is 12.5. The topological polar surface area (TPSA) is 126 Å². The van der Waals surface area contributed by atoms with Crippen LogP contribution >= 0.6 is 0 Å². The van der Waals surface area contributed by atoms with E-state index in [0.717, 1.165) is 6.26 Å². The van der Waals surface area contributed by atoms with E-state index in [-0.39, 0.29) is 25.5 Å². The van der Waals surface area contributed by atoms with Crippen LogP contribution in [-0.2, 0) is 21.2 Å². The molecular weight excluding hydrogens is 372 g/mol. The van der Waals surface area contributed by atoms with E-state index in [1.165, 1.54) is 29.2 Å². The number of nitrogens with zero attached hydrogens (tertiary/aromatic N) is 1. The second kappa shape index (κ2) is 9.38. The van der Waals surface area contributed by atoms with Crippen LogP contribution < -0.4 is 11.0 Å². The molecule has 0 radical (unpaired) electrons. The molecule has 2 atom stereocenters. The van der Waals surface area contributed by atoms with Gasteiger partial charge in [-0.05, 0) is 38.2 Å². The molecular formula is C18H22N2O6S. The second-order valence-corrected chi connectivity index (χ2v) is 8.69. The van der Waals surface area contributed by atoms with E-state index < -0.39 is 26.1 Å². The fraction of sp³-hybridized carbons (Fsp3) is 0.444.